The van der Waals surface area contributed by atoms with Crippen LogP contribution in [0, 0.1) is 12.7 Å². The molecule has 0 aliphatic carbocycles. The van der Waals surface area contributed by atoms with Gasteiger partial charge in [0.15, 0.2) is 11.5 Å². The van der Waals surface area contributed by atoms with Gasteiger partial charge in [0.2, 0.25) is 0 Å². The molecule has 136 valence electrons. The maximum atomic E-state index is 13.5. The molecule has 0 bridgehead atoms. The first-order chi connectivity index (χ1) is 12.6. The molecule has 2 aliphatic heterocycles. The highest BCUT2D eigenvalue weighted by Crippen LogP contribution is 2.35. The van der Waals surface area contributed by atoms with Crippen molar-refractivity contribution in [2.24, 2.45) is 0 Å². The molecule has 1 atom stereocenters. The van der Waals surface area contributed by atoms with Crippen molar-refractivity contribution in [3.8, 4) is 11.5 Å². The van der Waals surface area contributed by atoms with Gasteiger partial charge in [-0.3, -0.25) is 4.79 Å². The third-order valence-corrected chi connectivity index (χ3v) is 4.70. The third kappa shape index (κ3) is 3.12. The van der Waals surface area contributed by atoms with Gasteiger partial charge in [0.1, 0.15) is 25.1 Å². The normalized spacial score (nSPS) is 19.3. The maximum absolute atomic E-state index is 13.5. The molecule has 2 aromatic carbocycles. The zero-order valence-corrected chi connectivity index (χ0v) is 14.5. The molecule has 0 aromatic heterocycles. The van der Waals surface area contributed by atoms with Gasteiger partial charge >= 0.3 is 0 Å². The van der Waals surface area contributed by atoms with Crippen molar-refractivity contribution in [2.45, 2.75) is 13.0 Å². The molecule has 6 heteroatoms. The first-order valence-corrected chi connectivity index (χ1v) is 8.69. The molecule has 2 aromatic rings. The van der Waals surface area contributed by atoms with E-state index in [2.05, 4.69) is 0 Å². The quantitative estimate of drug-likeness (QED) is 0.829. The van der Waals surface area contributed by atoms with Crippen molar-refractivity contribution < 1.29 is 23.4 Å². The number of para-hydroxylation sites is 1. The molecule has 1 saturated heterocycles. The van der Waals surface area contributed by atoms with E-state index >= 15 is 0 Å². The molecule has 4 rings (SSSR count). The highest BCUT2D eigenvalue weighted by atomic mass is 19.1. The van der Waals surface area contributed by atoms with Crippen LogP contribution in [-0.4, -0.2) is 43.7 Å². The summed E-state index contributed by atoms with van der Waals surface area (Å²) in [4.78, 5) is 14.8. The van der Waals surface area contributed by atoms with Crippen molar-refractivity contribution in [2.75, 3.05) is 32.9 Å². The van der Waals surface area contributed by atoms with Gasteiger partial charge in [0, 0.05) is 6.54 Å². The zero-order valence-electron chi connectivity index (χ0n) is 14.5. The van der Waals surface area contributed by atoms with Gasteiger partial charge in [-0.25, -0.2) is 4.39 Å². The molecule has 1 unspecified atom stereocenters. The summed E-state index contributed by atoms with van der Waals surface area (Å²) in [5, 5.41) is 0. The molecule has 26 heavy (non-hydrogen) atoms. The van der Waals surface area contributed by atoms with Crippen LogP contribution in [0.4, 0.5) is 4.39 Å². The number of benzene rings is 2. The Morgan fingerprint density at radius 1 is 1.15 bits per heavy atom. The van der Waals surface area contributed by atoms with Gasteiger partial charge in [0.05, 0.1) is 18.7 Å². The Morgan fingerprint density at radius 2 is 2.00 bits per heavy atom. The van der Waals surface area contributed by atoms with E-state index in [-0.39, 0.29) is 17.8 Å². The molecule has 2 aliphatic rings. The average Bonchev–Trinajstić information content (AvgIpc) is 2.69. The lowest BCUT2D eigenvalue weighted by atomic mass is 10.0. The van der Waals surface area contributed by atoms with Crippen LogP contribution < -0.4 is 9.47 Å². The highest BCUT2D eigenvalue weighted by Gasteiger charge is 2.29. The SMILES string of the molecule is Cc1cc(C2CN(C(=O)c3cccc4c3OCCO4)CCO2)ccc1F. The maximum Gasteiger partial charge on any atom is 0.257 e. The number of carbonyl (C=O) groups excluding carboxylic acids is 1. The predicted molar refractivity (Wildman–Crippen MR) is 93.2 cm³/mol. The van der Waals surface area contributed by atoms with E-state index in [1.54, 1.807) is 42.2 Å². The summed E-state index contributed by atoms with van der Waals surface area (Å²) in [5.41, 5.74) is 1.94. The van der Waals surface area contributed by atoms with Crippen molar-refractivity contribution in [3.05, 3.63) is 58.9 Å². The van der Waals surface area contributed by atoms with Crippen molar-refractivity contribution in [1.29, 1.82) is 0 Å². The van der Waals surface area contributed by atoms with Crippen molar-refractivity contribution in [1.82, 2.24) is 4.90 Å². The number of nitrogens with zero attached hydrogens (tertiary/aromatic N) is 1. The van der Waals surface area contributed by atoms with Crippen LogP contribution in [0.3, 0.4) is 0 Å². The summed E-state index contributed by atoms with van der Waals surface area (Å²) >= 11 is 0. The summed E-state index contributed by atoms with van der Waals surface area (Å²) in [6, 6.07) is 10.3. The van der Waals surface area contributed by atoms with Gasteiger partial charge in [-0.15, -0.1) is 0 Å². The Morgan fingerprint density at radius 3 is 2.85 bits per heavy atom. The monoisotopic (exact) mass is 357 g/mol. The standard InChI is InChI=1S/C20H20FNO4/c1-13-11-14(5-6-16(13)21)18-12-22(7-8-24-18)20(23)15-3-2-4-17-19(15)26-10-9-25-17/h2-6,11,18H,7-10,12H2,1H3. The number of hydrogen-bond acceptors (Lipinski definition) is 4. The Kier molecular flexibility index (Phi) is 4.51. The minimum Gasteiger partial charge on any atom is -0.486 e. The number of morpholine rings is 1. The topological polar surface area (TPSA) is 48.0 Å². The zero-order chi connectivity index (χ0) is 18.1. The number of halogens is 1. The van der Waals surface area contributed by atoms with Crippen LogP contribution in [0.15, 0.2) is 36.4 Å². The number of aryl methyl sites for hydroxylation is 1. The van der Waals surface area contributed by atoms with Crippen LogP contribution in [0.5, 0.6) is 11.5 Å². The minimum absolute atomic E-state index is 0.112. The van der Waals surface area contributed by atoms with E-state index < -0.39 is 0 Å². The van der Waals surface area contributed by atoms with Crippen LogP contribution in [0.2, 0.25) is 0 Å². The summed E-state index contributed by atoms with van der Waals surface area (Å²) in [6.45, 7) is 3.97. The molecule has 0 saturated carbocycles. The van der Waals surface area contributed by atoms with E-state index in [1.165, 1.54) is 6.07 Å². The molecular formula is C20H20FNO4. The number of amides is 1. The van der Waals surface area contributed by atoms with E-state index in [0.717, 1.165) is 5.56 Å². The van der Waals surface area contributed by atoms with Crippen LogP contribution in [0.1, 0.15) is 27.6 Å². The van der Waals surface area contributed by atoms with Gasteiger partial charge in [-0.1, -0.05) is 18.2 Å². The average molecular weight is 357 g/mol. The Hall–Kier alpha value is -2.60. The second-order valence-corrected chi connectivity index (χ2v) is 6.45. The Labute approximate surface area is 151 Å². The van der Waals surface area contributed by atoms with E-state index in [4.69, 9.17) is 14.2 Å². The smallest absolute Gasteiger partial charge is 0.257 e. The van der Waals surface area contributed by atoms with Gasteiger partial charge in [-0.2, -0.15) is 0 Å². The summed E-state index contributed by atoms with van der Waals surface area (Å²) in [7, 11) is 0. The number of ether oxygens (including phenoxy) is 3. The fourth-order valence-corrected chi connectivity index (χ4v) is 3.32. The van der Waals surface area contributed by atoms with Gasteiger partial charge in [-0.05, 0) is 36.2 Å². The molecule has 5 nitrogen and oxygen atoms in total. The molecule has 0 radical (unpaired) electrons. The third-order valence-electron chi connectivity index (χ3n) is 4.70. The van der Waals surface area contributed by atoms with Crippen LogP contribution >= 0.6 is 0 Å². The summed E-state index contributed by atoms with van der Waals surface area (Å²) in [5.74, 6) is 0.746. The van der Waals surface area contributed by atoms with E-state index in [1.807, 2.05) is 0 Å². The molecular weight excluding hydrogens is 337 g/mol. The lowest BCUT2D eigenvalue weighted by Crippen LogP contribution is -2.42. The fraction of sp³-hybridized carbons (Fsp3) is 0.350. The lowest BCUT2D eigenvalue weighted by Gasteiger charge is -2.34. The van der Waals surface area contributed by atoms with Crippen molar-refractivity contribution >= 4 is 5.91 Å². The molecule has 1 fully saturated rings. The van der Waals surface area contributed by atoms with Gasteiger partial charge < -0.3 is 19.1 Å². The first-order valence-electron chi connectivity index (χ1n) is 8.69. The van der Waals surface area contributed by atoms with E-state index in [0.29, 0.717) is 55.5 Å². The Balaban J connectivity index is 1.56. The molecule has 2 heterocycles. The molecule has 0 spiro atoms. The Bertz CT molecular complexity index is 839. The fourth-order valence-electron chi connectivity index (χ4n) is 3.32. The van der Waals surface area contributed by atoms with Gasteiger partial charge in [0.25, 0.3) is 5.91 Å². The summed E-state index contributed by atoms with van der Waals surface area (Å²) < 4.78 is 30.6. The van der Waals surface area contributed by atoms with Crippen molar-refractivity contribution in [3.63, 3.8) is 0 Å². The number of rotatable bonds is 2. The number of hydrogen-bond donors (Lipinski definition) is 0. The summed E-state index contributed by atoms with van der Waals surface area (Å²) in [6.07, 6.45) is -0.274. The highest BCUT2D eigenvalue weighted by molar-refractivity contribution is 5.98. The molecule has 0 N–H and O–H groups in total. The largest absolute Gasteiger partial charge is 0.486 e. The second kappa shape index (κ2) is 6.96. The first kappa shape index (κ1) is 16.8. The number of carbonyl (C=O) groups is 1. The van der Waals surface area contributed by atoms with Crippen LogP contribution in [0.25, 0.3) is 0 Å². The van der Waals surface area contributed by atoms with Crippen LogP contribution in [-0.2, 0) is 4.74 Å². The van der Waals surface area contributed by atoms with E-state index in [9.17, 15) is 9.18 Å². The lowest BCUT2D eigenvalue weighted by molar-refractivity contribution is -0.0230. The second-order valence-electron chi connectivity index (χ2n) is 6.45. The minimum atomic E-state index is -0.274. The molecule has 1 amide bonds. The predicted octanol–water partition coefficient (Wildman–Crippen LogP) is 3.12. The number of fused-ring (bicyclic) bond motifs is 1.